The van der Waals surface area contributed by atoms with Crippen LogP contribution in [0.3, 0.4) is 0 Å². The second-order valence-electron chi connectivity index (χ2n) is 6.35. The second-order valence-corrected chi connectivity index (χ2v) is 6.35. The highest BCUT2D eigenvalue weighted by atomic mass is 16.3. The van der Waals surface area contributed by atoms with Crippen molar-refractivity contribution in [3.05, 3.63) is 18.0 Å². The van der Waals surface area contributed by atoms with E-state index in [1.807, 2.05) is 6.20 Å². The summed E-state index contributed by atoms with van der Waals surface area (Å²) < 4.78 is 2.10. The quantitative estimate of drug-likeness (QED) is 0.893. The number of hydrogen-bond acceptors (Lipinski definition) is 2. The van der Waals surface area contributed by atoms with Gasteiger partial charge in [-0.2, -0.15) is 5.10 Å². The van der Waals surface area contributed by atoms with Crippen molar-refractivity contribution >= 4 is 0 Å². The van der Waals surface area contributed by atoms with Crippen LogP contribution in [0.5, 0.6) is 0 Å². The lowest BCUT2D eigenvalue weighted by Gasteiger charge is -2.36. The minimum atomic E-state index is -0.156. The normalized spacial score (nSPS) is 29.2. The lowest BCUT2D eigenvalue weighted by Crippen LogP contribution is -2.33. The van der Waals surface area contributed by atoms with Crippen LogP contribution < -0.4 is 0 Å². The molecule has 0 bridgehead atoms. The van der Waals surface area contributed by atoms with Gasteiger partial charge in [0.1, 0.15) is 0 Å². The van der Waals surface area contributed by atoms with Crippen molar-refractivity contribution in [2.45, 2.75) is 65.0 Å². The van der Waals surface area contributed by atoms with E-state index < -0.39 is 0 Å². The van der Waals surface area contributed by atoms with Gasteiger partial charge in [-0.3, -0.25) is 4.68 Å². The van der Waals surface area contributed by atoms with E-state index in [4.69, 9.17) is 0 Å². The Bertz CT molecular complexity index is 384. The summed E-state index contributed by atoms with van der Waals surface area (Å²) >= 11 is 0. The van der Waals surface area contributed by atoms with Gasteiger partial charge in [0, 0.05) is 6.20 Å². The number of rotatable bonds is 3. The van der Waals surface area contributed by atoms with Crippen molar-refractivity contribution in [2.75, 3.05) is 0 Å². The lowest BCUT2D eigenvalue weighted by atomic mass is 9.77. The molecule has 0 saturated heterocycles. The SMILES string of the molecule is CC(C)c1cnn(C2CC(O)CCC2C(C)C)c1. The van der Waals surface area contributed by atoms with E-state index in [1.54, 1.807) is 0 Å². The Morgan fingerprint density at radius 3 is 2.56 bits per heavy atom. The Morgan fingerprint density at radius 2 is 2.00 bits per heavy atom. The van der Waals surface area contributed by atoms with E-state index >= 15 is 0 Å². The van der Waals surface area contributed by atoms with Crippen molar-refractivity contribution in [1.82, 2.24) is 9.78 Å². The average Bonchev–Trinajstić information content (AvgIpc) is 2.77. The van der Waals surface area contributed by atoms with E-state index in [9.17, 15) is 5.11 Å². The summed E-state index contributed by atoms with van der Waals surface area (Å²) in [7, 11) is 0. The van der Waals surface area contributed by atoms with E-state index in [1.165, 1.54) is 5.56 Å². The van der Waals surface area contributed by atoms with Crippen LogP contribution in [-0.2, 0) is 0 Å². The third-order valence-electron chi connectivity index (χ3n) is 4.33. The summed E-state index contributed by atoms with van der Waals surface area (Å²) in [6.07, 6.45) is 6.89. The number of aliphatic hydroxyl groups is 1. The molecule has 3 atom stereocenters. The van der Waals surface area contributed by atoms with Gasteiger partial charge in [0.25, 0.3) is 0 Å². The van der Waals surface area contributed by atoms with E-state index in [0.717, 1.165) is 19.3 Å². The zero-order valence-electron chi connectivity index (χ0n) is 12.0. The van der Waals surface area contributed by atoms with Gasteiger partial charge in [0.05, 0.1) is 18.3 Å². The summed E-state index contributed by atoms with van der Waals surface area (Å²) in [6.45, 7) is 8.94. The first-order chi connectivity index (χ1) is 8.49. The highest BCUT2D eigenvalue weighted by molar-refractivity contribution is 5.09. The minimum Gasteiger partial charge on any atom is -0.393 e. The molecule has 0 aliphatic heterocycles. The zero-order chi connectivity index (χ0) is 13.3. The molecule has 3 nitrogen and oxygen atoms in total. The fourth-order valence-corrected chi connectivity index (χ4v) is 3.06. The van der Waals surface area contributed by atoms with Gasteiger partial charge in [-0.05, 0) is 42.6 Å². The summed E-state index contributed by atoms with van der Waals surface area (Å²) in [5, 5.41) is 14.4. The third kappa shape index (κ3) is 2.77. The van der Waals surface area contributed by atoms with Crippen LogP contribution in [0.1, 0.15) is 64.5 Å². The predicted molar refractivity (Wildman–Crippen MR) is 73.5 cm³/mol. The number of aromatic nitrogens is 2. The molecule has 0 radical (unpaired) electrons. The zero-order valence-corrected chi connectivity index (χ0v) is 12.0. The van der Waals surface area contributed by atoms with Gasteiger partial charge in [-0.1, -0.05) is 27.7 Å². The van der Waals surface area contributed by atoms with Crippen molar-refractivity contribution in [3.8, 4) is 0 Å². The maximum Gasteiger partial charge on any atom is 0.0574 e. The molecule has 1 saturated carbocycles. The lowest BCUT2D eigenvalue weighted by molar-refractivity contribution is 0.0521. The molecule has 0 amide bonds. The molecule has 1 fully saturated rings. The van der Waals surface area contributed by atoms with E-state index in [-0.39, 0.29) is 6.10 Å². The number of aliphatic hydroxyl groups excluding tert-OH is 1. The highest BCUT2D eigenvalue weighted by Crippen LogP contribution is 2.38. The molecule has 0 spiro atoms. The predicted octanol–water partition coefficient (Wildman–Crippen LogP) is 3.36. The molecule has 1 aliphatic carbocycles. The van der Waals surface area contributed by atoms with Gasteiger partial charge in [0.2, 0.25) is 0 Å². The first kappa shape index (κ1) is 13.6. The van der Waals surface area contributed by atoms with Crippen LogP contribution in [-0.4, -0.2) is 21.0 Å². The summed E-state index contributed by atoms with van der Waals surface area (Å²) in [4.78, 5) is 0. The average molecular weight is 250 g/mol. The van der Waals surface area contributed by atoms with Crippen LogP contribution in [0.2, 0.25) is 0 Å². The van der Waals surface area contributed by atoms with Gasteiger partial charge in [-0.15, -0.1) is 0 Å². The third-order valence-corrected chi connectivity index (χ3v) is 4.33. The van der Waals surface area contributed by atoms with Gasteiger partial charge in [-0.25, -0.2) is 0 Å². The largest absolute Gasteiger partial charge is 0.393 e. The fourth-order valence-electron chi connectivity index (χ4n) is 3.06. The van der Waals surface area contributed by atoms with Crippen LogP contribution in [0.15, 0.2) is 12.4 Å². The minimum absolute atomic E-state index is 0.156. The molecule has 102 valence electrons. The van der Waals surface area contributed by atoms with E-state index in [0.29, 0.717) is 23.8 Å². The molecular weight excluding hydrogens is 224 g/mol. The van der Waals surface area contributed by atoms with Crippen LogP contribution >= 0.6 is 0 Å². The number of nitrogens with zero attached hydrogens (tertiary/aromatic N) is 2. The highest BCUT2D eigenvalue weighted by Gasteiger charge is 2.33. The Labute approximate surface area is 110 Å². The van der Waals surface area contributed by atoms with Gasteiger partial charge in [0.15, 0.2) is 0 Å². The molecule has 1 aromatic rings. The Kier molecular flexibility index (Phi) is 4.10. The Hall–Kier alpha value is -0.830. The Balaban J connectivity index is 2.20. The molecule has 1 heterocycles. The number of hydrogen-bond donors (Lipinski definition) is 1. The maximum absolute atomic E-state index is 9.92. The first-order valence-electron chi connectivity index (χ1n) is 7.21. The standard InChI is InChI=1S/C15H26N2O/c1-10(2)12-8-16-17(9-12)15-7-13(18)5-6-14(15)11(3)4/h8-11,13-15,18H,5-7H2,1-4H3. The van der Waals surface area contributed by atoms with Crippen molar-refractivity contribution in [3.63, 3.8) is 0 Å². The topological polar surface area (TPSA) is 38.0 Å². The maximum atomic E-state index is 9.92. The summed E-state index contributed by atoms with van der Waals surface area (Å²) in [5.74, 6) is 1.80. The van der Waals surface area contributed by atoms with Crippen LogP contribution in [0.25, 0.3) is 0 Å². The molecule has 18 heavy (non-hydrogen) atoms. The fraction of sp³-hybridized carbons (Fsp3) is 0.800. The smallest absolute Gasteiger partial charge is 0.0574 e. The van der Waals surface area contributed by atoms with Gasteiger partial charge < -0.3 is 5.11 Å². The van der Waals surface area contributed by atoms with Crippen LogP contribution in [0.4, 0.5) is 0 Å². The molecule has 2 rings (SSSR count). The van der Waals surface area contributed by atoms with Crippen molar-refractivity contribution < 1.29 is 5.11 Å². The molecule has 1 aromatic heterocycles. The van der Waals surface area contributed by atoms with Crippen molar-refractivity contribution in [2.24, 2.45) is 11.8 Å². The molecule has 1 aliphatic rings. The summed E-state index contributed by atoms with van der Waals surface area (Å²) in [5.41, 5.74) is 1.29. The first-order valence-corrected chi connectivity index (χ1v) is 7.21. The van der Waals surface area contributed by atoms with Crippen LogP contribution in [0, 0.1) is 11.8 Å². The molecule has 0 aromatic carbocycles. The van der Waals surface area contributed by atoms with E-state index in [2.05, 4.69) is 43.7 Å². The molecule has 1 N–H and O–H groups in total. The Morgan fingerprint density at radius 1 is 1.28 bits per heavy atom. The molecular formula is C15H26N2O. The molecule has 3 unspecified atom stereocenters. The second kappa shape index (κ2) is 5.43. The van der Waals surface area contributed by atoms with Crippen molar-refractivity contribution in [1.29, 1.82) is 0 Å². The monoisotopic (exact) mass is 250 g/mol. The van der Waals surface area contributed by atoms with Gasteiger partial charge >= 0.3 is 0 Å². The molecule has 3 heteroatoms. The summed E-state index contributed by atoms with van der Waals surface area (Å²) in [6, 6.07) is 0.362.